The van der Waals surface area contributed by atoms with Crippen molar-refractivity contribution in [1.29, 1.82) is 0 Å². The average Bonchev–Trinajstić information content (AvgIpc) is 3.09. The van der Waals surface area contributed by atoms with Crippen LogP contribution in [-0.2, 0) is 6.42 Å². The van der Waals surface area contributed by atoms with Crippen LogP contribution in [0.4, 0.5) is 4.39 Å². The monoisotopic (exact) mass is 233 g/mol. The Balaban J connectivity index is 2.12. The Hall–Kier alpha value is -1.42. The summed E-state index contributed by atoms with van der Waals surface area (Å²) in [6.45, 7) is 0.873. The quantitative estimate of drug-likeness (QED) is 0.878. The van der Waals surface area contributed by atoms with Crippen molar-refractivity contribution in [3.63, 3.8) is 0 Å². The molecule has 0 aliphatic heterocycles. The molecule has 1 aromatic heterocycles. The standard InChI is InChI=1S/C13H16FN3/c1-15-8-7-12-16-13-10(14)3-2-4-11(13)17(12)9-5-6-9/h2-4,9,15H,5-8H2,1H3. The number of hydrogen-bond donors (Lipinski definition) is 1. The number of aromatic nitrogens is 2. The van der Waals surface area contributed by atoms with E-state index < -0.39 is 0 Å². The van der Waals surface area contributed by atoms with Crippen molar-refractivity contribution in [2.45, 2.75) is 25.3 Å². The van der Waals surface area contributed by atoms with Crippen LogP contribution >= 0.6 is 0 Å². The van der Waals surface area contributed by atoms with Gasteiger partial charge in [0.25, 0.3) is 0 Å². The minimum Gasteiger partial charge on any atom is -0.325 e. The number of fused-ring (bicyclic) bond motifs is 1. The second kappa shape index (κ2) is 4.11. The lowest BCUT2D eigenvalue weighted by molar-refractivity contribution is 0.636. The molecule has 1 aliphatic carbocycles. The summed E-state index contributed by atoms with van der Waals surface area (Å²) in [7, 11) is 1.92. The number of imidazole rings is 1. The van der Waals surface area contributed by atoms with E-state index in [1.807, 2.05) is 13.1 Å². The number of nitrogens with zero attached hydrogens (tertiary/aromatic N) is 2. The van der Waals surface area contributed by atoms with Gasteiger partial charge in [-0.15, -0.1) is 0 Å². The highest BCUT2D eigenvalue weighted by atomic mass is 19.1. The van der Waals surface area contributed by atoms with E-state index >= 15 is 0 Å². The number of hydrogen-bond acceptors (Lipinski definition) is 2. The molecule has 1 aromatic carbocycles. The van der Waals surface area contributed by atoms with Crippen molar-refractivity contribution in [2.24, 2.45) is 0 Å². The summed E-state index contributed by atoms with van der Waals surface area (Å²) < 4.78 is 15.9. The molecule has 17 heavy (non-hydrogen) atoms. The van der Waals surface area contributed by atoms with E-state index in [-0.39, 0.29) is 5.82 Å². The molecule has 1 fully saturated rings. The van der Waals surface area contributed by atoms with Gasteiger partial charge in [-0.25, -0.2) is 9.37 Å². The van der Waals surface area contributed by atoms with E-state index in [0.717, 1.165) is 24.3 Å². The summed E-state index contributed by atoms with van der Waals surface area (Å²) in [5, 5.41) is 3.11. The third-order valence-electron chi connectivity index (χ3n) is 3.25. The van der Waals surface area contributed by atoms with E-state index in [0.29, 0.717) is 11.6 Å². The number of nitrogens with one attached hydrogen (secondary N) is 1. The van der Waals surface area contributed by atoms with Crippen LogP contribution in [0.25, 0.3) is 11.0 Å². The molecule has 1 heterocycles. The van der Waals surface area contributed by atoms with Gasteiger partial charge in [0.15, 0.2) is 5.82 Å². The van der Waals surface area contributed by atoms with Crippen molar-refractivity contribution < 1.29 is 4.39 Å². The molecule has 0 unspecified atom stereocenters. The molecule has 0 atom stereocenters. The Kier molecular flexibility index (Phi) is 2.59. The number of benzene rings is 1. The van der Waals surface area contributed by atoms with Crippen LogP contribution in [0, 0.1) is 5.82 Å². The van der Waals surface area contributed by atoms with Crippen LogP contribution < -0.4 is 5.32 Å². The number of rotatable bonds is 4. The summed E-state index contributed by atoms with van der Waals surface area (Å²) in [4.78, 5) is 4.46. The lowest BCUT2D eigenvalue weighted by atomic mass is 10.3. The summed E-state index contributed by atoms with van der Waals surface area (Å²) in [6, 6.07) is 5.75. The number of likely N-dealkylation sites (N-methyl/N-ethyl adjacent to an activating group) is 1. The van der Waals surface area contributed by atoms with Crippen LogP contribution in [0.15, 0.2) is 18.2 Å². The molecule has 4 heteroatoms. The Labute approximate surface area is 99.7 Å². The van der Waals surface area contributed by atoms with Crippen molar-refractivity contribution in [3.8, 4) is 0 Å². The predicted molar refractivity (Wildman–Crippen MR) is 65.6 cm³/mol. The summed E-state index contributed by atoms with van der Waals surface area (Å²) in [5.41, 5.74) is 1.46. The fourth-order valence-electron chi connectivity index (χ4n) is 2.28. The van der Waals surface area contributed by atoms with Gasteiger partial charge in [-0.2, -0.15) is 0 Å². The van der Waals surface area contributed by atoms with Crippen LogP contribution in [-0.4, -0.2) is 23.1 Å². The summed E-state index contributed by atoms with van der Waals surface area (Å²) in [5.74, 6) is 0.787. The maximum atomic E-state index is 13.7. The van der Waals surface area contributed by atoms with Crippen LogP contribution in [0.1, 0.15) is 24.7 Å². The molecule has 1 saturated carbocycles. The molecular formula is C13H16FN3. The van der Waals surface area contributed by atoms with E-state index in [4.69, 9.17) is 0 Å². The third kappa shape index (κ3) is 1.82. The maximum Gasteiger partial charge on any atom is 0.151 e. The minimum absolute atomic E-state index is 0.215. The average molecular weight is 233 g/mol. The first-order chi connectivity index (χ1) is 8.31. The second-order valence-electron chi connectivity index (χ2n) is 4.59. The molecule has 3 nitrogen and oxygen atoms in total. The molecule has 3 rings (SSSR count). The van der Waals surface area contributed by atoms with E-state index in [1.54, 1.807) is 6.07 Å². The van der Waals surface area contributed by atoms with Gasteiger partial charge in [-0.05, 0) is 32.0 Å². The Morgan fingerprint density at radius 3 is 3.00 bits per heavy atom. The van der Waals surface area contributed by atoms with Crippen LogP contribution in [0.5, 0.6) is 0 Å². The van der Waals surface area contributed by atoms with Crippen LogP contribution in [0.2, 0.25) is 0 Å². The summed E-state index contributed by atoms with van der Waals surface area (Å²) in [6.07, 6.45) is 3.23. The first-order valence-corrected chi connectivity index (χ1v) is 6.11. The fraction of sp³-hybridized carbons (Fsp3) is 0.462. The zero-order valence-electron chi connectivity index (χ0n) is 9.91. The van der Waals surface area contributed by atoms with E-state index in [2.05, 4.69) is 14.9 Å². The zero-order chi connectivity index (χ0) is 11.8. The Bertz CT molecular complexity index is 543. The molecule has 0 amide bonds. The Morgan fingerprint density at radius 1 is 1.47 bits per heavy atom. The number of halogens is 1. The zero-order valence-corrected chi connectivity index (χ0v) is 9.91. The number of para-hydroxylation sites is 1. The highest BCUT2D eigenvalue weighted by molar-refractivity contribution is 5.77. The second-order valence-corrected chi connectivity index (χ2v) is 4.59. The Morgan fingerprint density at radius 2 is 2.29 bits per heavy atom. The van der Waals surface area contributed by atoms with Gasteiger partial charge < -0.3 is 9.88 Å². The lowest BCUT2D eigenvalue weighted by Gasteiger charge is -2.06. The lowest BCUT2D eigenvalue weighted by Crippen LogP contribution is -2.13. The van der Waals surface area contributed by atoms with Crippen molar-refractivity contribution >= 4 is 11.0 Å². The molecule has 0 bridgehead atoms. The van der Waals surface area contributed by atoms with Gasteiger partial charge in [-0.3, -0.25) is 0 Å². The first kappa shape index (κ1) is 10.7. The van der Waals surface area contributed by atoms with Crippen molar-refractivity contribution in [1.82, 2.24) is 14.9 Å². The smallest absolute Gasteiger partial charge is 0.151 e. The third-order valence-corrected chi connectivity index (χ3v) is 3.25. The fourth-order valence-corrected chi connectivity index (χ4v) is 2.28. The van der Waals surface area contributed by atoms with Gasteiger partial charge in [0.1, 0.15) is 11.3 Å². The van der Waals surface area contributed by atoms with Gasteiger partial charge in [-0.1, -0.05) is 6.07 Å². The first-order valence-electron chi connectivity index (χ1n) is 6.11. The molecule has 1 aliphatic rings. The summed E-state index contributed by atoms with van der Waals surface area (Å²) >= 11 is 0. The molecule has 0 radical (unpaired) electrons. The van der Waals surface area contributed by atoms with Crippen molar-refractivity contribution in [3.05, 3.63) is 29.8 Å². The molecule has 1 N–H and O–H groups in total. The van der Waals surface area contributed by atoms with Gasteiger partial charge in [0.2, 0.25) is 0 Å². The highest BCUT2D eigenvalue weighted by Crippen LogP contribution is 2.39. The largest absolute Gasteiger partial charge is 0.325 e. The van der Waals surface area contributed by atoms with E-state index in [1.165, 1.54) is 18.9 Å². The molecule has 2 aromatic rings. The predicted octanol–water partition coefficient (Wildman–Crippen LogP) is 2.27. The van der Waals surface area contributed by atoms with Gasteiger partial charge in [0.05, 0.1) is 5.52 Å². The topological polar surface area (TPSA) is 29.9 Å². The molecule has 90 valence electrons. The minimum atomic E-state index is -0.215. The molecule has 0 spiro atoms. The van der Waals surface area contributed by atoms with Gasteiger partial charge >= 0.3 is 0 Å². The highest BCUT2D eigenvalue weighted by Gasteiger charge is 2.28. The van der Waals surface area contributed by atoms with Gasteiger partial charge in [0, 0.05) is 19.0 Å². The normalized spacial score (nSPS) is 15.6. The molecular weight excluding hydrogens is 217 g/mol. The SMILES string of the molecule is CNCCc1nc2c(F)cccc2n1C1CC1. The van der Waals surface area contributed by atoms with Crippen LogP contribution in [0.3, 0.4) is 0 Å². The molecule has 0 saturated heterocycles. The maximum absolute atomic E-state index is 13.7. The van der Waals surface area contributed by atoms with Crippen molar-refractivity contribution in [2.75, 3.05) is 13.6 Å². The van der Waals surface area contributed by atoms with E-state index in [9.17, 15) is 4.39 Å².